The van der Waals surface area contributed by atoms with E-state index >= 15 is 0 Å². The maximum Gasteiger partial charge on any atom is 0.236 e. The molecule has 1 atom stereocenters. The van der Waals surface area contributed by atoms with Crippen molar-refractivity contribution in [2.75, 3.05) is 18.8 Å². The Morgan fingerprint density at radius 3 is 2.41 bits per heavy atom. The van der Waals surface area contributed by atoms with Crippen LogP contribution in [-0.2, 0) is 14.8 Å². The van der Waals surface area contributed by atoms with Gasteiger partial charge in [-0.05, 0) is 26.7 Å². The molecule has 0 aromatic heterocycles. The minimum Gasteiger partial charge on any atom is -0.352 e. The van der Waals surface area contributed by atoms with Crippen molar-refractivity contribution in [3.8, 4) is 0 Å². The third-order valence-corrected chi connectivity index (χ3v) is 4.85. The fourth-order valence-corrected chi connectivity index (χ4v) is 2.93. The normalized spacial score (nSPS) is 21.1. The van der Waals surface area contributed by atoms with Gasteiger partial charge in [-0.3, -0.25) is 4.79 Å². The number of piperidine rings is 1. The second kappa shape index (κ2) is 5.79. The van der Waals surface area contributed by atoms with Gasteiger partial charge in [-0.15, -0.1) is 0 Å². The summed E-state index contributed by atoms with van der Waals surface area (Å²) in [6.07, 6.45) is 1.30. The molecule has 1 saturated heterocycles. The Hall–Kier alpha value is -0.660. The van der Waals surface area contributed by atoms with Gasteiger partial charge in [0, 0.05) is 19.1 Å². The quantitative estimate of drug-likeness (QED) is 0.699. The van der Waals surface area contributed by atoms with Crippen LogP contribution in [0.3, 0.4) is 0 Å². The predicted octanol–water partition coefficient (Wildman–Crippen LogP) is -0.736. The molecule has 0 aromatic rings. The van der Waals surface area contributed by atoms with Gasteiger partial charge in [0.05, 0.1) is 11.8 Å². The van der Waals surface area contributed by atoms with Gasteiger partial charge in [-0.1, -0.05) is 0 Å². The number of sulfonamides is 1. The molecule has 17 heavy (non-hydrogen) atoms. The Morgan fingerprint density at radius 2 is 2.00 bits per heavy atom. The third kappa shape index (κ3) is 3.93. The van der Waals surface area contributed by atoms with Crippen molar-refractivity contribution in [2.24, 2.45) is 5.73 Å². The number of carbonyl (C=O) groups excluding carboxylic acids is 1. The zero-order valence-corrected chi connectivity index (χ0v) is 11.2. The van der Waals surface area contributed by atoms with Gasteiger partial charge in [-0.25, -0.2) is 12.7 Å². The van der Waals surface area contributed by atoms with E-state index in [1.54, 1.807) is 13.8 Å². The Morgan fingerprint density at radius 1 is 1.47 bits per heavy atom. The zero-order chi connectivity index (χ0) is 13.1. The second-order valence-electron chi connectivity index (χ2n) is 4.37. The molecule has 6 nitrogen and oxygen atoms in total. The maximum atomic E-state index is 11.6. The van der Waals surface area contributed by atoms with Crippen molar-refractivity contribution in [2.45, 2.75) is 38.8 Å². The lowest BCUT2D eigenvalue weighted by atomic mass is 10.1. The van der Waals surface area contributed by atoms with Crippen molar-refractivity contribution < 1.29 is 13.2 Å². The molecule has 1 amide bonds. The first-order chi connectivity index (χ1) is 7.86. The van der Waals surface area contributed by atoms with Gasteiger partial charge in [0.2, 0.25) is 15.9 Å². The second-order valence-corrected chi connectivity index (χ2v) is 6.63. The Labute approximate surface area is 103 Å². The molecule has 0 radical (unpaired) electrons. The van der Waals surface area contributed by atoms with Crippen molar-refractivity contribution in [1.82, 2.24) is 9.62 Å². The van der Waals surface area contributed by atoms with Crippen LogP contribution in [-0.4, -0.2) is 49.6 Å². The molecule has 0 unspecified atom stereocenters. The minimum atomic E-state index is -3.09. The first kappa shape index (κ1) is 14.4. The van der Waals surface area contributed by atoms with E-state index in [2.05, 4.69) is 5.32 Å². The van der Waals surface area contributed by atoms with Crippen LogP contribution < -0.4 is 11.1 Å². The highest BCUT2D eigenvalue weighted by molar-refractivity contribution is 7.89. The molecule has 3 N–H and O–H groups in total. The molecule has 0 spiro atoms. The van der Waals surface area contributed by atoms with E-state index in [1.165, 1.54) is 4.31 Å². The van der Waals surface area contributed by atoms with Gasteiger partial charge >= 0.3 is 0 Å². The summed E-state index contributed by atoms with van der Waals surface area (Å²) in [5.74, 6) is -0.0501. The molecule has 0 saturated carbocycles. The summed E-state index contributed by atoms with van der Waals surface area (Å²) in [4.78, 5) is 11.4. The molecular formula is C10H21N3O3S. The highest BCUT2D eigenvalue weighted by Gasteiger charge is 2.27. The van der Waals surface area contributed by atoms with Crippen LogP contribution in [0.4, 0.5) is 0 Å². The third-order valence-electron chi connectivity index (χ3n) is 2.97. The van der Waals surface area contributed by atoms with Gasteiger partial charge in [-0.2, -0.15) is 0 Å². The lowest BCUT2D eigenvalue weighted by Gasteiger charge is -2.31. The number of carbonyl (C=O) groups is 1. The minimum absolute atomic E-state index is 0.0387. The van der Waals surface area contributed by atoms with E-state index in [9.17, 15) is 13.2 Å². The molecule has 1 heterocycles. The molecule has 0 aromatic carbocycles. The van der Waals surface area contributed by atoms with Gasteiger partial charge < -0.3 is 11.1 Å². The number of amides is 1. The van der Waals surface area contributed by atoms with Crippen LogP contribution in [0, 0.1) is 0 Å². The number of nitrogens with two attached hydrogens (primary N) is 1. The molecular weight excluding hydrogens is 242 g/mol. The number of nitrogens with zero attached hydrogens (tertiary/aromatic N) is 1. The first-order valence-electron chi connectivity index (χ1n) is 5.90. The summed E-state index contributed by atoms with van der Waals surface area (Å²) in [6, 6.07) is -0.482. The Balaban J connectivity index is 2.44. The van der Waals surface area contributed by atoms with E-state index in [-0.39, 0.29) is 17.7 Å². The maximum absolute atomic E-state index is 11.6. The number of nitrogens with one attached hydrogen (secondary N) is 1. The van der Waals surface area contributed by atoms with Crippen molar-refractivity contribution in [3.05, 3.63) is 0 Å². The smallest absolute Gasteiger partial charge is 0.236 e. The summed E-state index contributed by atoms with van der Waals surface area (Å²) in [6.45, 7) is 4.21. The summed E-state index contributed by atoms with van der Waals surface area (Å²) in [5.41, 5.74) is 5.45. The highest BCUT2D eigenvalue weighted by Crippen LogP contribution is 2.14. The lowest BCUT2D eigenvalue weighted by molar-refractivity contribution is -0.122. The van der Waals surface area contributed by atoms with Gasteiger partial charge in [0.15, 0.2) is 0 Å². The Bertz CT molecular complexity index is 359. The monoisotopic (exact) mass is 263 g/mol. The summed E-state index contributed by atoms with van der Waals surface area (Å²) in [5, 5.41) is 2.82. The van der Waals surface area contributed by atoms with Crippen LogP contribution >= 0.6 is 0 Å². The fraction of sp³-hybridized carbons (Fsp3) is 0.900. The highest BCUT2D eigenvalue weighted by atomic mass is 32.2. The fourth-order valence-electron chi connectivity index (χ4n) is 1.79. The molecule has 1 aliphatic heterocycles. The average Bonchev–Trinajstić information content (AvgIpc) is 2.29. The predicted molar refractivity (Wildman–Crippen MR) is 65.8 cm³/mol. The van der Waals surface area contributed by atoms with Crippen LogP contribution in [0.2, 0.25) is 0 Å². The largest absolute Gasteiger partial charge is 0.352 e. The standard InChI is InChI=1S/C10H21N3O3S/c1-3-17(15,16)13-6-4-9(5-7-13)12-10(14)8(2)11/h8-9H,3-7,11H2,1-2H3,(H,12,14)/t8-/m1/s1. The van der Waals surface area contributed by atoms with E-state index in [0.717, 1.165) is 0 Å². The van der Waals surface area contributed by atoms with Crippen molar-refractivity contribution in [3.63, 3.8) is 0 Å². The van der Waals surface area contributed by atoms with E-state index in [1.807, 2.05) is 0 Å². The SMILES string of the molecule is CCS(=O)(=O)N1CCC(NC(=O)[C@@H](C)N)CC1. The number of hydrogen-bond acceptors (Lipinski definition) is 4. The van der Waals surface area contributed by atoms with Gasteiger partial charge in [0.25, 0.3) is 0 Å². The summed E-state index contributed by atoms with van der Waals surface area (Å²) in [7, 11) is -3.09. The average molecular weight is 263 g/mol. The lowest BCUT2D eigenvalue weighted by Crippen LogP contribution is -2.50. The van der Waals surface area contributed by atoms with E-state index in [4.69, 9.17) is 5.73 Å². The Kier molecular flexibility index (Phi) is 4.91. The first-order valence-corrected chi connectivity index (χ1v) is 7.51. The summed E-state index contributed by atoms with van der Waals surface area (Å²) < 4.78 is 24.7. The molecule has 1 fully saturated rings. The molecule has 0 bridgehead atoms. The molecule has 1 rings (SSSR count). The van der Waals surface area contributed by atoms with Crippen LogP contribution in [0.15, 0.2) is 0 Å². The van der Waals surface area contributed by atoms with Crippen LogP contribution in [0.25, 0.3) is 0 Å². The zero-order valence-electron chi connectivity index (χ0n) is 10.3. The molecule has 100 valence electrons. The van der Waals surface area contributed by atoms with Gasteiger partial charge in [0.1, 0.15) is 0 Å². The van der Waals surface area contributed by atoms with Crippen LogP contribution in [0.1, 0.15) is 26.7 Å². The number of rotatable bonds is 4. The van der Waals surface area contributed by atoms with E-state index in [0.29, 0.717) is 25.9 Å². The molecule has 7 heteroatoms. The topological polar surface area (TPSA) is 92.5 Å². The summed E-state index contributed by atoms with van der Waals surface area (Å²) >= 11 is 0. The van der Waals surface area contributed by atoms with E-state index < -0.39 is 16.1 Å². The number of hydrogen-bond donors (Lipinski definition) is 2. The molecule has 0 aliphatic carbocycles. The molecule has 1 aliphatic rings. The van der Waals surface area contributed by atoms with Crippen LogP contribution in [0.5, 0.6) is 0 Å². The van der Waals surface area contributed by atoms with Crippen molar-refractivity contribution in [1.29, 1.82) is 0 Å². The van der Waals surface area contributed by atoms with Crippen molar-refractivity contribution >= 4 is 15.9 Å².